The third kappa shape index (κ3) is 5.38. The Hall–Kier alpha value is -3.50. The number of amides is 1. The third-order valence-corrected chi connectivity index (χ3v) is 9.07. The maximum absolute atomic E-state index is 13.8. The lowest BCUT2D eigenvalue weighted by Crippen LogP contribution is -2.47. The summed E-state index contributed by atoms with van der Waals surface area (Å²) in [4.78, 5) is 31.6. The maximum Gasteiger partial charge on any atom is 0.310 e. The van der Waals surface area contributed by atoms with E-state index in [2.05, 4.69) is 26.8 Å². The Labute approximate surface area is 237 Å². The summed E-state index contributed by atoms with van der Waals surface area (Å²) >= 11 is 0. The highest BCUT2D eigenvalue weighted by atomic mass is 32.5. The summed E-state index contributed by atoms with van der Waals surface area (Å²) in [6, 6.07) is 2.05. The number of nitrogens with one attached hydrogen (secondary N) is 2. The SMILES string of the molecule is CCc1c(N2CCNCC2)c(=O)n2nc(C3=CC4COCC4C3)nc2n1CC(=O)Nc1ccc(S(F)(F)(F)(F)F)cc1. The number of aromatic nitrogens is 4. The Balaban J connectivity index is 1.38. The van der Waals surface area contributed by atoms with E-state index >= 15 is 0 Å². The summed E-state index contributed by atoms with van der Waals surface area (Å²) in [6.45, 7) is 5.22. The van der Waals surface area contributed by atoms with E-state index in [1.165, 1.54) is 4.52 Å². The van der Waals surface area contributed by atoms with Gasteiger partial charge in [-0.2, -0.15) is 9.50 Å². The highest BCUT2D eigenvalue weighted by molar-refractivity contribution is 8.45. The fourth-order valence-electron chi connectivity index (χ4n) is 5.88. The molecule has 2 atom stereocenters. The van der Waals surface area contributed by atoms with E-state index in [0.717, 1.165) is 17.7 Å². The molecule has 42 heavy (non-hydrogen) atoms. The average molecular weight is 616 g/mol. The van der Waals surface area contributed by atoms with Crippen molar-refractivity contribution in [1.29, 1.82) is 0 Å². The second-order valence-electron chi connectivity index (χ2n) is 10.8. The minimum atomic E-state index is -9.84. The first kappa shape index (κ1) is 28.6. The molecule has 2 N–H and O–H groups in total. The molecule has 3 aliphatic rings. The summed E-state index contributed by atoms with van der Waals surface area (Å²) in [5.41, 5.74) is 1.42. The van der Waals surface area contributed by atoms with Crippen molar-refractivity contribution in [2.24, 2.45) is 11.8 Å². The van der Waals surface area contributed by atoms with Crippen LogP contribution in [0.25, 0.3) is 11.4 Å². The molecular formula is C26H30F5N7O3S. The molecule has 1 aliphatic carbocycles. The molecule has 0 bridgehead atoms. The lowest BCUT2D eigenvalue weighted by molar-refractivity contribution is -0.116. The van der Waals surface area contributed by atoms with E-state index in [4.69, 9.17) is 4.74 Å². The summed E-state index contributed by atoms with van der Waals surface area (Å²) in [5.74, 6) is 0.486. The van der Waals surface area contributed by atoms with Crippen LogP contribution in [-0.4, -0.2) is 64.5 Å². The first-order valence-corrected chi connectivity index (χ1v) is 15.6. The fourth-order valence-corrected chi connectivity index (χ4v) is 6.53. The first-order valence-electron chi connectivity index (χ1n) is 13.6. The molecule has 228 valence electrons. The number of anilines is 2. The molecule has 2 aliphatic heterocycles. The molecular weight excluding hydrogens is 585 g/mol. The molecule has 10 nitrogen and oxygen atoms in total. The highest BCUT2D eigenvalue weighted by Crippen LogP contribution is 3.02. The Bertz CT molecular complexity index is 1650. The van der Waals surface area contributed by atoms with Crippen LogP contribution < -0.4 is 21.1 Å². The largest absolute Gasteiger partial charge is 0.381 e. The number of fused-ring (bicyclic) bond motifs is 2. The lowest BCUT2D eigenvalue weighted by Gasteiger charge is -2.40. The van der Waals surface area contributed by atoms with Crippen LogP contribution in [-0.2, 0) is 22.5 Å². The quantitative estimate of drug-likeness (QED) is 0.384. The fraction of sp³-hybridized carbons (Fsp3) is 0.462. The third-order valence-electron chi connectivity index (χ3n) is 7.91. The zero-order valence-electron chi connectivity index (χ0n) is 22.7. The van der Waals surface area contributed by atoms with Crippen LogP contribution >= 0.6 is 10.2 Å². The van der Waals surface area contributed by atoms with Crippen LogP contribution in [0.3, 0.4) is 0 Å². The Morgan fingerprint density at radius 3 is 2.48 bits per heavy atom. The molecule has 4 heterocycles. The van der Waals surface area contributed by atoms with Gasteiger partial charge < -0.3 is 24.8 Å². The number of rotatable bonds is 7. The Morgan fingerprint density at radius 1 is 1.12 bits per heavy atom. The molecule has 16 heteroatoms. The number of allylic oxidation sites excluding steroid dienone is 1. The molecule has 2 saturated heterocycles. The normalized spacial score (nSPS) is 22.5. The van der Waals surface area contributed by atoms with Crippen LogP contribution in [0.1, 0.15) is 24.9 Å². The van der Waals surface area contributed by atoms with Gasteiger partial charge in [0.05, 0.1) is 18.9 Å². The van der Waals surface area contributed by atoms with E-state index in [1.54, 1.807) is 4.57 Å². The number of nitrogens with zero attached hydrogens (tertiary/aromatic N) is 5. The molecule has 0 saturated carbocycles. The molecule has 2 fully saturated rings. The molecule has 0 radical (unpaired) electrons. The van der Waals surface area contributed by atoms with E-state index in [-0.39, 0.29) is 41.6 Å². The van der Waals surface area contributed by atoms with Crippen molar-refractivity contribution in [2.75, 3.05) is 49.6 Å². The van der Waals surface area contributed by atoms with Crippen molar-refractivity contribution in [3.63, 3.8) is 0 Å². The van der Waals surface area contributed by atoms with Gasteiger partial charge in [0.2, 0.25) is 11.7 Å². The van der Waals surface area contributed by atoms with Crippen LogP contribution in [0.15, 0.2) is 40.0 Å². The van der Waals surface area contributed by atoms with Gasteiger partial charge in [0.1, 0.15) is 17.1 Å². The monoisotopic (exact) mass is 615 g/mol. The number of piperazine rings is 1. The lowest BCUT2D eigenvalue weighted by atomic mass is 10.00. The van der Waals surface area contributed by atoms with Crippen LogP contribution in [0, 0.1) is 11.8 Å². The van der Waals surface area contributed by atoms with Gasteiger partial charge in [0, 0.05) is 37.8 Å². The minimum Gasteiger partial charge on any atom is -0.381 e. The predicted molar refractivity (Wildman–Crippen MR) is 149 cm³/mol. The molecule has 6 rings (SSSR count). The number of hydrogen-bond donors (Lipinski definition) is 2. The van der Waals surface area contributed by atoms with Crippen molar-refractivity contribution < 1.29 is 29.0 Å². The van der Waals surface area contributed by atoms with Crippen molar-refractivity contribution in [2.45, 2.75) is 31.2 Å². The molecule has 2 unspecified atom stereocenters. The predicted octanol–water partition coefficient (Wildman–Crippen LogP) is 4.21. The number of benzene rings is 1. The van der Waals surface area contributed by atoms with Gasteiger partial charge in [0.15, 0.2) is 5.82 Å². The number of carbonyl (C=O) groups excluding carboxylic acids is 1. The van der Waals surface area contributed by atoms with Gasteiger partial charge in [-0.15, -0.1) is 5.10 Å². The van der Waals surface area contributed by atoms with E-state index in [9.17, 15) is 29.0 Å². The molecule has 3 aromatic rings. The van der Waals surface area contributed by atoms with Crippen LogP contribution in [0.4, 0.5) is 30.8 Å². The molecule has 1 aromatic carbocycles. The van der Waals surface area contributed by atoms with E-state index < -0.39 is 21.0 Å². The topological polar surface area (TPSA) is 106 Å². The van der Waals surface area contributed by atoms with Gasteiger partial charge >= 0.3 is 10.2 Å². The standard InChI is InChI=1S/C26H30F5N7O3S/c1-2-21-23(36-9-7-32-8-10-36)25(40)38-26(34-24(35-38)16-11-17-14-41-15-18(17)12-16)37(21)13-22(39)33-19-3-5-20(6-4-19)42(27,28,29,30)31/h3-6,11,17-18,32H,2,7-10,12-15H2,1H3,(H,33,39). The summed E-state index contributed by atoms with van der Waals surface area (Å²) < 4.78 is 73.9. The number of halogens is 5. The van der Waals surface area contributed by atoms with Gasteiger partial charge in [-0.3, -0.25) is 9.59 Å². The zero-order valence-corrected chi connectivity index (χ0v) is 23.5. The van der Waals surface area contributed by atoms with Crippen molar-refractivity contribution in [3.8, 4) is 0 Å². The van der Waals surface area contributed by atoms with Gasteiger partial charge in [-0.25, -0.2) is 0 Å². The second kappa shape index (κ2) is 9.50. The van der Waals surface area contributed by atoms with E-state index in [1.807, 2.05) is 11.8 Å². The van der Waals surface area contributed by atoms with Gasteiger partial charge in [-0.05, 0) is 48.6 Å². The number of ether oxygens (including phenoxy) is 1. The van der Waals surface area contributed by atoms with Crippen LogP contribution in [0.5, 0.6) is 0 Å². The smallest absolute Gasteiger partial charge is 0.310 e. The second-order valence-corrected chi connectivity index (χ2v) is 13.2. The Kier molecular flexibility index (Phi) is 6.47. The van der Waals surface area contributed by atoms with Crippen molar-refractivity contribution in [3.05, 3.63) is 52.2 Å². The summed E-state index contributed by atoms with van der Waals surface area (Å²) in [7, 11) is -9.84. The molecule has 2 aromatic heterocycles. The number of carbonyl (C=O) groups is 1. The van der Waals surface area contributed by atoms with Gasteiger partial charge in [-0.1, -0.05) is 32.4 Å². The van der Waals surface area contributed by atoms with E-state index in [0.29, 0.717) is 75.4 Å². The van der Waals surface area contributed by atoms with Crippen molar-refractivity contribution in [1.82, 2.24) is 24.5 Å². The highest BCUT2D eigenvalue weighted by Gasteiger charge is 2.65. The number of hydrogen-bond acceptors (Lipinski definition) is 7. The molecule has 1 amide bonds. The maximum atomic E-state index is 13.8. The zero-order chi connectivity index (χ0) is 29.9. The van der Waals surface area contributed by atoms with Crippen molar-refractivity contribution >= 4 is 38.9 Å². The van der Waals surface area contributed by atoms with Gasteiger partial charge in [0.25, 0.3) is 5.56 Å². The summed E-state index contributed by atoms with van der Waals surface area (Å²) in [5, 5.41) is 10.3. The summed E-state index contributed by atoms with van der Waals surface area (Å²) in [6.07, 6.45) is 3.15. The molecule has 0 spiro atoms. The Morgan fingerprint density at radius 2 is 1.83 bits per heavy atom. The first-order chi connectivity index (χ1) is 19.7. The minimum absolute atomic E-state index is 0.0879. The van der Waals surface area contributed by atoms with Crippen LogP contribution in [0.2, 0.25) is 0 Å². The average Bonchev–Trinajstić information content (AvgIpc) is 3.65.